The van der Waals surface area contributed by atoms with E-state index in [0.29, 0.717) is 26.1 Å². The molecule has 0 fully saturated rings. The fourth-order valence-corrected chi connectivity index (χ4v) is 8.01. The Labute approximate surface area is 385 Å². The maximum absolute atomic E-state index is 12.9. The highest BCUT2D eigenvalue weighted by Crippen LogP contribution is 2.19. The minimum atomic E-state index is -0.185. The molecule has 0 rings (SSSR count). The topological polar surface area (TPSA) is 108 Å². The molecule has 0 aromatic carbocycles. The van der Waals surface area contributed by atoms with Crippen LogP contribution in [0.25, 0.3) is 0 Å². The second kappa shape index (κ2) is 44.5. The second-order valence-corrected chi connectivity index (χ2v) is 19.4. The number of nitrogens with one attached hydrogen (secondary N) is 1. The number of nitrogens with zero attached hydrogens (tertiary/aromatic N) is 2. The number of hydrogen-bond donors (Lipinski definition) is 2. The van der Waals surface area contributed by atoms with E-state index in [-0.39, 0.29) is 23.6 Å². The van der Waals surface area contributed by atoms with Crippen LogP contribution in [0.3, 0.4) is 0 Å². The Morgan fingerprint density at radius 1 is 0.548 bits per heavy atom. The summed E-state index contributed by atoms with van der Waals surface area (Å²) >= 11 is 0. The smallest absolute Gasteiger partial charge is 0.306 e. The molecule has 0 atom stereocenters. The number of ether oxygens (including phenoxy) is 3. The lowest BCUT2D eigenvalue weighted by atomic mass is 10.0. The molecule has 0 aromatic rings. The van der Waals surface area contributed by atoms with E-state index in [9.17, 15) is 9.59 Å². The van der Waals surface area contributed by atoms with Crippen LogP contribution in [0, 0.1) is 0 Å². The molecular weight excluding hydrogens is 773 g/mol. The summed E-state index contributed by atoms with van der Waals surface area (Å²) in [6.07, 6.45) is 41.6. The molecule has 62 heavy (non-hydrogen) atoms. The van der Waals surface area contributed by atoms with E-state index in [2.05, 4.69) is 68.8 Å². The van der Waals surface area contributed by atoms with Crippen molar-refractivity contribution < 1.29 is 29.5 Å². The van der Waals surface area contributed by atoms with Gasteiger partial charge in [0.1, 0.15) is 18.4 Å². The molecule has 0 saturated heterocycles. The highest BCUT2D eigenvalue weighted by Gasteiger charge is 2.15. The van der Waals surface area contributed by atoms with Gasteiger partial charge in [0.05, 0.1) is 18.4 Å². The van der Waals surface area contributed by atoms with Crippen LogP contribution in [0.2, 0.25) is 0 Å². The summed E-state index contributed by atoms with van der Waals surface area (Å²) in [5.74, 6) is 0.00142. The number of hydrogen-bond acceptors (Lipinski definition) is 8. The molecule has 0 aliphatic heterocycles. The van der Waals surface area contributed by atoms with E-state index in [1.54, 1.807) is 0 Å². The summed E-state index contributed by atoms with van der Waals surface area (Å²) in [7, 11) is 1.97. The molecule has 0 aliphatic rings. The van der Waals surface area contributed by atoms with Crippen molar-refractivity contribution in [2.24, 2.45) is 0 Å². The Hall–Kier alpha value is -1.68. The maximum Gasteiger partial charge on any atom is 0.306 e. The van der Waals surface area contributed by atoms with Crippen molar-refractivity contribution in [2.45, 2.75) is 272 Å². The normalized spacial score (nSPS) is 12.2. The highest BCUT2D eigenvalue weighted by molar-refractivity contribution is 5.69. The van der Waals surface area contributed by atoms with E-state index in [4.69, 9.17) is 14.2 Å². The van der Waals surface area contributed by atoms with Gasteiger partial charge in [-0.05, 0) is 105 Å². The zero-order valence-corrected chi connectivity index (χ0v) is 42.6. The first-order valence-corrected chi connectivity index (χ1v) is 26.7. The molecule has 4 N–H and O–H groups in total. The number of quaternary nitrogens is 1. The second-order valence-electron chi connectivity index (χ2n) is 19.4. The van der Waals surface area contributed by atoms with Crippen LogP contribution < -0.4 is 11.2 Å². The zero-order chi connectivity index (χ0) is 45.8. The van der Waals surface area contributed by atoms with Gasteiger partial charge in [-0.2, -0.15) is 0 Å². The Balaban J connectivity index is 4.71. The summed E-state index contributed by atoms with van der Waals surface area (Å²) in [5.41, 5.74) is 8.30. The standard InChI is InChI=1S/C53H106N4O5/c1-8-11-14-17-20-29-36-46-60-51(58)40-32-25-21-27-34-42-56(44-37-45-57(55-7)47-49(54)48-61-53(4,5)6)43-35-28-22-26-33-41-52(59)62-50(38-30-23-18-15-12-9-2)39-31-24-19-16-13-10-3/h47,50,55H,8-46,48,54H2,1-7H3/p+1/b49-47-. The SMILES string of the molecule is CCCCCCCCCOC(=O)CCCCCCCN(CCCCCCCC(=O)OC(CCCCCCCC)CCCCCCCC)CCCN(/C=C(\[NH3+])COC(C)(C)C)NC. The fourth-order valence-electron chi connectivity index (χ4n) is 8.01. The van der Waals surface area contributed by atoms with Crippen molar-refractivity contribution in [1.82, 2.24) is 15.3 Å². The molecule has 9 heteroatoms. The van der Waals surface area contributed by atoms with Crippen LogP contribution in [0.1, 0.15) is 260 Å². The zero-order valence-electron chi connectivity index (χ0n) is 42.6. The van der Waals surface area contributed by atoms with E-state index < -0.39 is 0 Å². The van der Waals surface area contributed by atoms with E-state index in [0.717, 1.165) is 83.2 Å². The first-order valence-electron chi connectivity index (χ1n) is 26.7. The van der Waals surface area contributed by atoms with Gasteiger partial charge in [-0.3, -0.25) is 9.59 Å². The number of hydrazine groups is 1. The lowest BCUT2D eigenvalue weighted by Gasteiger charge is -2.25. The molecule has 368 valence electrons. The number of esters is 2. The molecule has 0 unspecified atom stereocenters. The van der Waals surface area contributed by atoms with Crippen molar-refractivity contribution in [2.75, 3.05) is 46.4 Å². The lowest BCUT2D eigenvalue weighted by Crippen LogP contribution is -2.52. The Morgan fingerprint density at radius 3 is 1.45 bits per heavy atom. The molecule has 0 amide bonds. The van der Waals surface area contributed by atoms with E-state index in [1.165, 1.54) is 154 Å². The lowest BCUT2D eigenvalue weighted by molar-refractivity contribution is -0.317. The Kier molecular flexibility index (Phi) is 43.3. The van der Waals surface area contributed by atoms with Crippen LogP contribution in [-0.2, 0) is 23.8 Å². The number of unbranched alkanes of at least 4 members (excludes halogenated alkanes) is 24. The third-order valence-corrected chi connectivity index (χ3v) is 12.0. The first kappa shape index (κ1) is 60.3. The fraction of sp³-hybridized carbons (Fsp3) is 0.925. The van der Waals surface area contributed by atoms with Crippen molar-refractivity contribution in [1.29, 1.82) is 0 Å². The van der Waals surface area contributed by atoms with Crippen LogP contribution in [0.4, 0.5) is 0 Å². The first-order chi connectivity index (χ1) is 30.0. The quantitative estimate of drug-likeness (QED) is 0.0353. The minimum Gasteiger partial charge on any atom is -0.466 e. The predicted molar refractivity (Wildman–Crippen MR) is 264 cm³/mol. The summed E-state index contributed by atoms with van der Waals surface area (Å²) in [5, 5.41) is 2.13. The third kappa shape index (κ3) is 43.6. The van der Waals surface area contributed by atoms with Crippen molar-refractivity contribution in [3.05, 3.63) is 11.9 Å². The molecule has 0 aromatic heterocycles. The maximum atomic E-state index is 12.9. The van der Waals surface area contributed by atoms with Gasteiger partial charge in [0.15, 0.2) is 0 Å². The van der Waals surface area contributed by atoms with Crippen molar-refractivity contribution in [3.8, 4) is 0 Å². The van der Waals surface area contributed by atoms with Crippen LogP contribution in [0.5, 0.6) is 0 Å². The molecule has 0 radical (unpaired) electrons. The number of rotatable bonds is 47. The molecule has 9 nitrogen and oxygen atoms in total. The van der Waals surface area contributed by atoms with Crippen LogP contribution in [-0.4, -0.2) is 80.0 Å². The summed E-state index contributed by atoms with van der Waals surface area (Å²) in [6, 6.07) is 0. The van der Waals surface area contributed by atoms with Gasteiger partial charge in [-0.1, -0.05) is 162 Å². The highest BCUT2D eigenvalue weighted by atomic mass is 16.5. The molecule has 0 aliphatic carbocycles. The Morgan fingerprint density at radius 2 is 0.968 bits per heavy atom. The van der Waals surface area contributed by atoms with Gasteiger partial charge in [0.25, 0.3) is 0 Å². The largest absolute Gasteiger partial charge is 0.466 e. The molecule has 0 spiro atoms. The number of carbonyl (C=O) groups is 2. The third-order valence-electron chi connectivity index (χ3n) is 12.0. The van der Waals surface area contributed by atoms with Gasteiger partial charge in [0, 0.05) is 26.4 Å². The van der Waals surface area contributed by atoms with Gasteiger partial charge in [-0.15, -0.1) is 0 Å². The van der Waals surface area contributed by atoms with Crippen LogP contribution in [0.15, 0.2) is 11.9 Å². The van der Waals surface area contributed by atoms with Crippen molar-refractivity contribution >= 4 is 11.9 Å². The molecule has 0 saturated carbocycles. The summed E-state index contributed by atoms with van der Waals surface area (Å²) in [4.78, 5) is 27.8. The van der Waals surface area contributed by atoms with Gasteiger partial charge in [-0.25, -0.2) is 5.43 Å². The van der Waals surface area contributed by atoms with Gasteiger partial charge < -0.3 is 29.9 Å². The predicted octanol–water partition coefficient (Wildman–Crippen LogP) is 13.4. The molecule has 0 heterocycles. The van der Waals surface area contributed by atoms with E-state index >= 15 is 0 Å². The minimum absolute atomic E-state index is 0.0218. The number of carbonyl (C=O) groups excluding carboxylic acids is 2. The van der Waals surface area contributed by atoms with Gasteiger partial charge in [0.2, 0.25) is 0 Å². The monoisotopic (exact) mass is 880 g/mol. The summed E-state index contributed by atoms with van der Waals surface area (Å²) in [6.45, 7) is 18.3. The molecule has 0 bridgehead atoms. The van der Waals surface area contributed by atoms with Crippen molar-refractivity contribution in [3.63, 3.8) is 0 Å². The van der Waals surface area contributed by atoms with Crippen LogP contribution >= 0.6 is 0 Å². The van der Waals surface area contributed by atoms with E-state index in [1.807, 2.05) is 7.05 Å². The average Bonchev–Trinajstić information content (AvgIpc) is 3.24. The summed E-state index contributed by atoms with van der Waals surface area (Å²) < 4.78 is 17.5. The Bertz CT molecular complexity index is 1000. The van der Waals surface area contributed by atoms with Gasteiger partial charge >= 0.3 is 11.9 Å². The average molecular weight is 880 g/mol. The molecular formula is C53H107N4O5+.